The fourth-order valence-corrected chi connectivity index (χ4v) is 3.47. The Morgan fingerprint density at radius 1 is 1.12 bits per heavy atom. The van der Waals surface area contributed by atoms with Gasteiger partial charge in [-0.25, -0.2) is 4.98 Å². The van der Waals surface area contributed by atoms with Crippen molar-refractivity contribution in [3.8, 4) is 0 Å². The second-order valence-corrected chi connectivity index (χ2v) is 6.71. The van der Waals surface area contributed by atoms with Crippen molar-refractivity contribution in [1.82, 2.24) is 9.55 Å². The summed E-state index contributed by atoms with van der Waals surface area (Å²) in [5.41, 5.74) is 3.55. The first-order valence-corrected chi connectivity index (χ1v) is 8.75. The molecule has 0 amide bonds. The molecule has 4 nitrogen and oxygen atoms in total. The number of aryl methyl sites for hydroxylation is 1. The summed E-state index contributed by atoms with van der Waals surface area (Å²) in [5, 5.41) is 8.03. The van der Waals surface area contributed by atoms with Crippen LogP contribution in [0.25, 0.3) is 11.0 Å². The van der Waals surface area contributed by atoms with Gasteiger partial charge in [0.1, 0.15) is 0 Å². The van der Waals surface area contributed by atoms with Crippen LogP contribution in [-0.4, -0.2) is 16.1 Å². The fourth-order valence-electron chi connectivity index (χ4n) is 2.56. The Bertz CT molecular complexity index is 866. The first-order chi connectivity index (χ1) is 11.5. The SMILES string of the molecule is CCCNc1cccc2nc(Nc3c(Cl)cc(Cl)cc3Cl)n(C)c12. The number of aromatic nitrogens is 2. The van der Waals surface area contributed by atoms with Gasteiger partial charge in [-0.15, -0.1) is 0 Å². The van der Waals surface area contributed by atoms with Crippen LogP contribution in [0.1, 0.15) is 13.3 Å². The Morgan fingerprint density at radius 3 is 2.50 bits per heavy atom. The van der Waals surface area contributed by atoms with Crippen LogP contribution in [-0.2, 0) is 7.05 Å². The van der Waals surface area contributed by atoms with Crippen molar-refractivity contribution >= 4 is 63.2 Å². The summed E-state index contributed by atoms with van der Waals surface area (Å²) in [6.07, 6.45) is 1.05. The molecule has 0 aliphatic rings. The summed E-state index contributed by atoms with van der Waals surface area (Å²) >= 11 is 18.5. The highest BCUT2D eigenvalue weighted by Gasteiger charge is 2.14. The number of anilines is 3. The predicted molar refractivity (Wildman–Crippen MR) is 104 cm³/mol. The van der Waals surface area contributed by atoms with Gasteiger partial charge in [-0.05, 0) is 30.7 Å². The van der Waals surface area contributed by atoms with Crippen LogP contribution in [0.3, 0.4) is 0 Å². The lowest BCUT2D eigenvalue weighted by Gasteiger charge is -2.11. The zero-order chi connectivity index (χ0) is 17.3. The van der Waals surface area contributed by atoms with Crippen molar-refractivity contribution in [3.63, 3.8) is 0 Å². The van der Waals surface area contributed by atoms with E-state index in [4.69, 9.17) is 34.8 Å². The monoisotopic (exact) mass is 382 g/mol. The van der Waals surface area contributed by atoms with Gasteiger partial charge in [0.25, 0.3) is 0 Å². The Labute approximate surface area is 155 Å². The second-order valence-electron chi connectivity index (χ2n) is 5.46. The van der Waals surface area contributed by atoms with Crippen molar-refractivity contribution in [2.24, 2.45) is 7.05 Å². The van der Waals surface area contributed by atoms with Crippen LogP contribution in [0.4, 0.5) is 17.3 Å². The minimum Gasteiger partial charge on any atom is -0.383 e. The maximum absolute atomic E-state index is 6.25. The van der Waals surface area contributed by atoms with Crippen molar-refractivity contribution in [1.29, 1.82) is 0 Å². The van der Waals surface area contributed by atoms with E-state index in [1.165, 1.54) is 0 Å². The molecule has 0 atom stereocenters. The predicted octanol–water partition coefficient (Wildman–Crippen LogP) is 6.10. The quantitative estimate of drug-likeness (QED) is 0.559. The van der Waals surface area contributed by atoms with Gasteiger partial charge in [0.15, 0.2) is 0 Å². The van der Waals surface area contributed by atoms with Crippen LogP contribution in [0.2, 0.25) is 15.1 Å². The fraction of sp³-hybridized carbons (Fsp3) is 0.235. The van der Waals surface area contributed by atoms with E-state index in [9.17, 15) is 0 Å². The van der Waals surface area contributed by atoms with Crippen molar-refractivity contribution in [2.75, 3.05) is 17.2 Å². The normalized spacial score (nSPS) is 11.0. The molecule has 2 aromatic carbocycles. The molecule has 0 aliphatic heterocycles. The molecule has 7 heteroatoms. The average Bonchev–Trinajstić information content (AvgIpc) is 2.85. The third kappa shape index (κ3) is 3.27. The number of imidazole rings is 1. The number of halogens is 3. The molecule has 24 heavy (non-hydrogen) atoms. The molecule has 0 radical (unpaired) electrons. The first kappa shape index (κ1) is 17.2. The summed E-state index contributed by atoms with van der Waals surface area (Å²) in [4.78, 5) is 4.64. The van der Waals surface area contributed by atoms with Gasteiger partial charge in [-0.1, -0.05) is 47.8 Å². The molecule has 3 aromatic rings. The van der Waals surface area contributed by atoms with Crippen molar-refractivity contribution in [2.45, 2.75) is 13.3 Å². The second kappa shape index (κ2) is 7.09. The molecule has 1 aromatic heterocycles. The minimum absolute atomic E-state index is 0.448. The maximum atomic E-state index is 6.25. The zero-order valence-electron chi connectivity index (χ0n) is 13.3. The van der Waals surface area contributed by atoms with E-state index >= 15 is 0 Å². The first-order valence-electron chi connectivity index (χ1n) is 7.62. The molecular weight excluding hydrogens is 367 g/mol. The standard InChI is InChI=1S/C17H17Cl3N4/c1-3-7-21-13-5-4-6-14-16(13)24(2)17(22-14)23-15-11(19)8-10(18)9-12(15)20/h4-6,8-9,21H,3,7H2,1-2H3,(H,22,23). The van der Waals surface area contributed by atoms with Crippen LogP contribution >= 0.6 is 34.8 Å². The Hall–Kier alpha value is -1.62. The van der Waals surface area contributed by atoms with E-state index < -0.39 is 0 Å². The van der Waals surface area contributed by atoms with E-state index in [1.54, 1.807) is 12.1 Å². The minimum atomic E-state index is 0.448. The Morgan fingerprint density at radius 2 is 1.83 bits per heavy atom. The molecule has 0 bridgehead atoms. The number of hydrogen-bond donors (Lipinski definition) is 2. The highest BCUT2D eigenvalue weighted by molar-refractivity contribution is 6.41. The zero-order valence-corrected chi connectivity index (χ0v) is 15.6. The molecule has 0 spiro atoms. The van der Waals surface area contributed by atoms with Crippen LogP contribution < -0.4 is 10.6 Å². The van der Waals surface area contributed by atoms with Gasteiger partial charge >= 0.3 is 0 Å². The van der Waals surface area contributed by atoms with E-state index in [0.717, 1.165) is 29.7 Å². The number of para-hydroxylation sites is 1. The van der Waals surface area contributed by atoms with Gasteiger partial charge in [-0.2, -0.15) is 0 Å². The van der Waals surface area contributed by atoms with Gasteiger partial charge in [-0.3, -0.25) is 0 Å². The summed E-state index contributed by atoms with van der Waals surface area (Å²) in [6, 6.07) is 9.30. The lowest BCUT2D eigenvalue weighted by molar-refractivity contribution is 0.949. The molecule has 126 valence electrons. The van der Waals surface area contributed by atoms with Crippen molar-refractivity contribution in [3.05, 3.63) is 45.4 Å². The van der Waals surface area contributed by atoms with Gasteiger partial charge in [0, 0.05) is 18.6 Å². The molecule has 0 saturated heterocycles. The third-order valence-corrected chi connectivity index (χ3v) is 4.52. The average molecular weight is 384 g/mol. The maximum Gasteiger partial charge on any atom is 0.208 e. The van der Waals surface area contributed by atoms with Gasteiger partial charge in [0.05, 0.1) is 32.5 Å². The van der Waals surface area contributed by atoms with Gasteiger partial charge in [0.2, 0.25) is 5.95 Å². The molecule has 3 rings (SSSR count). The number of fused-ring (bicyclic) bond motifs is 1. The number of nitrogens with one attached hydrogen (secondary N) is 2. The van der Waals surface area contributed by atoms with E-state index in [-0.39, 0.29) is 0 Å². The third-order valence-electron chi connectivity index (χ3n) is 3.70. The summed E-state index contributed by atoms with van der Waals surface area (Å²) < 4.78 is 1.98. The van der Waals surface area contributed by atoms with E-state index in [2.05, 4.69) is 22.5 Å². The van der Waals surface area contributed by atoms with Crippen LogP contribution in [0, 0.1) is 0 Å². The largest absolute Gasteiger partial charge is 0.383 e. The van der Waals surface area contributed by atoms with Crippen LogP contribution in [0.15, 0.2) is 30.3 Å². The number of benzene rings is 2. The number of rotatable bonds is 5. The summed E-state index contributed by atoms with van der Waals surface area (Å²) in [5.74, 6) is 0.655. The topological polar surface area (TPSA) is 41.9 Å². The summed E-state index contributed by atoms with van der Waals surface area (Å²) in [6.45, 7) is 3.04. The van der Waals surface area contributed by atoms with E-state index in [0.29, 0.717) is 26.7 Å². The molecule has 2 N–H and O–H groups in total. The lowest BCUT2D eigenvalue weighted by Crippen LogP contribution is -2.03. The smallest absolute Gasteiger partial charge is 0.208 e. The van der Waals surface area contributed by atoms with Crippen molar-refractivity contribution < 1.29 is 0 Å². The Balaban J connectivity index is 2.04. The molecule has 0 unspecified atom stereocenters. The molecule has 0 fully saturated rings. The number of hydrogen-bond acceptors (Lipinski definition) is 3. The molecule has 0 saturated carbocycles. The van der Waals surface area contributed by atoms with Crippen LogP contribution in [0.5, 0.6) is 0 Å². The summed E-state index contributed by atoms with van der Waals surface area (Å²) in [7, 11) is 1.95. The highest BCUT2D eigenvalue weighted by atomic mass is 35.5. The van der Waals surface area contributed by atoms with Gasteiger partial charge < -0.3 is 15.2 Å². The highest BCUT2D eigenvalue weighted by Crippen LogP contribution is 2.36. The number of nitrogens with zero attached hydrogens (tertiary/aromatic N) is 2. The molecular formula is C17H17Cl3N4. The molecule has 1 heterocycles. The lowest BCUT2D eigenvalue weighted by atomic mass is 10.2. The Kier molecular flexibility index (Phi) is 5.09. The molecule has 0 aliphatic carbocycles. The van der Waals surface area contributed by atoms with E-state index in [1.807, 2.05) is 29.8 Å².